The van der Waals surface area contributed by atoms with Crippen LogP contribution in [-0.4, -0.2) is 29.6 Å². The van der Waals surface area contributed by atoms with Gasteiger partial charge in [0.1, 0.15) is 17.5 Å². The number of carbonyl (C=O) groups is 2. The number of urea groups is 1. The van der Waals surface area contributed by atoms with Crippen molar-refractivity contribution in [2.45, 2.75) is 33.2 Å². The molecule has 1 N–H and O–H groups in total. The third-order valence-electron chi connectivity index (χ3n) is 4.09. The second kappa shape index (κ2) is 7.43. The zero-order valence-corrected chi connectivity index (χ0v) is 15.0. The second-order valence-corrected chi connectivity index (χ2v) is 5.90. The van der Waals surface area contributed by atoms with Gasteiger partial charge in [0.2, 0.25) is 5.88 Å². The van der Waals surface area contributed by atoms with Crippen molar-refractivity contribution < 1.29 is 19.1 Å². The van der Waals surface area contributed by atoms with Crippen molar-refractivity contribution in [2.75, 3.05) is 11.5 Å². The van der Waals surface area contributed by atoms with E-state index in [-0.39, 0.29) is 5.91 Å². The average molecular weight is 355 g/mol. The molecule has 0 saturated carbocycles. The highest BCUT2D eigenvalue weighted by atomic mass is 16.5. The molecule has 1 aromatic heterocycles. The predicted octanol–water partition coefficient (Wildman–Crippen LogP) is 3.42. The molecule has 7 nitrogen and oxygen atoms in total. The molecule has 1 atom stereocenters. The number of anilines is 1. The highest BCUT2D eigenvalue weighted by molar-refractivity contribution is 6.21. The maximum atomic E-state index is 12.2. The van der Waals surface area contributed by atoms with Crippen LogP contribution in [0, 0.1) is 6.92 Å². The highest BCUT2D eigenvalue weighted by Crippen LogP contribution is 2.28. The lowest BCUT2D eigenvalue weighted by molar-refractivity contribution is -0.118. The molecule has 3 rings (SSSR count). The fourth-order valence-corrected chi connectivity index (χ4v) is 2.69. The van der Waals surface area contributed by atoms with Gasteiger partial charge in [-0.15, -0.1) is 0 Å². The molecular formula is C19H21N3O4. The van der Waals surface area contributed by atoms with Crippen molar-refractivity contribution in [3.8, 4) is 17.4 Å². The summed E-state index contributed by atoms with van der Waals surface area (Å²) < 4.78 is 11.3. The topological polar surface area (TPSA) is 80.8 Å². The van der Waals surface area contributed by atoms with Gasteiger partial charge in [0.15, 0.2) is 0 Å². The first-order valence-electron chi connectivity index (χ1n) is 8.55. The molecule has 136 valence electrons. The number of rotatable bonds is 6. The molecule has 0 unspecified atom stereocenters. The van der Waals surface area contributed by atoms with Crippen LogP contribution in [0.15, 0.2) is 36.5 Å². The summed E-state index contributed by atoms with van der Waals surface area (Å²) in [6, 6.07) is 7.88. The Balaban J connectivity index is 1.75. The molecule has 7 heteroatoms. The van der Waals surface area contributed by atoms with E-state index in [1.807, 2.05) is 32.9 Å². The molecule has 0 radical (unpaired) electrons. The number of nitrogens with one attached hydrogen (secondary N) is 1. The number of amides is 3. The van der Waals surface area contributed by atoms with Crippen LogP contribution in [0.25, 0.3) is 0 Å². The van der Waals surface area contributed by atoms with Crippen LogP contribution >= 0.6 is 0 Å². The SMILES string of the molecule is CCOc1cc(Oc2ccc(N3C(=O)N[C@H](CC)C3=O)cn2)ccc1C. The summed E-state index contributed by atoms with van der Waals surface area (Å²) in [5.41, 5.74) is 1.43. The minimum absolute atomic E-state index is 0.271. The Bertz CT molecular complexity index is 820. The molecule has 1 aliphatic rings. The van der Waals surface area contributed by atoms with Crippen molar-refractivity contribution >= 4 is 17.6 Å². The van der Waals surface area contributed by atoms with Crippen LogP contribution < -0.4 is 19.7 Å². The molecule has 1 aromatic carbocycles. The minimum atomic E-state index is -0.483. The van der Waals surface area contributed by atoms with Gasteiger partial charge in [0, 0.05) is 12.1 Å². The van der Waals surface area contributed by atoms with Crippen molar-refractivity contribution in [3.63, 3.8) is 0 Å². The quantitative estimate of drug-likeness (QED) is 0.803. The van der Waals surface area contributed by atoms with Crippen LogP contribution in [0.2, 0.25) is 0 Å². The van der Waals surface area contributed by atoms with Gasteiger partial charge in [-0.3, -0.25) is 4.79 Å². The highest BCUT2D eigenvalue weighted by Gasteiger charge is 2.37. The Morgan fingerprint density at radius 3 is 2.62 bits per heavy atom. The van der Waals surface area contributed by atoms with E-state index >= 15 is 0 Å². The van der Waals surface area contributed by atoms with Gasteiger partial charge in [-0.25, -0.2) is 14.7 Å². The van der Waals surface area contributed by atoms with Crippen LogP contribution in [0.5, 0.6) is 17.4 Å². The van der Waals surface area contributed by atoms with Crippen molar-refractivity contribution in [2.24, 2.45) is 0 Å². The molecule has 26 heavy (non-hydrogen) atoms. The van der Waals surface area contributed by atoms with Crippen molar-refractivity contribution in [3.05, 3.63) is 42.1 Å². The van der Waals surface area contributed by atoms with Gasteiger partial charge in [-0.05, 0) is 38.0 Å². The molecule has 1 aliphatic heterocycles. The summed E-state index contributed by atoms with van der Waals surface area (Å²) in [6.45, 7) is 6.30. The van der Waals surface area contributed by atoms with Crippen molar-refractivity contribution in [1.29, 1.82) is 0 Å². The van der Waals surface area contributed by atoms with E-state index in [0.29, 0.717) is 30.3 Å². The fraction of sp³-hybridized carbons (Fsp3) is 0.316. The Hall–Kier alpha value is -3.09. The zero-order valence-electron chi connectivity index (χ0n) is 15.0. The van der Waals surface area contributed by atoms with E-state index in [1.54, 1.807) is 18.2 Å². The largest absolute Gasteiger partial charge is 0.493 e. The van der Waals surface area contributed by atoms with E-state index in [0.717, 1.165) is 16.2 Å². The third-order valence-corrected chi connectivity index (χ3v) is 4.09. The molecule has 1 saturated heterocycles. The number of hydrogen-bond acceptors (Lipinski definition) is 5. The number of aromatic nitrogens is 1. The number of carbonyl (C=O) groups excluding carboxylic acids is 2. The molecular weight excluding hydrogens is 334 g/mol. The van der Waals surface area contributed by atoms with Gasteiger partial charge in [0.25, 0.3) is 5.91 Å². The molecule has 0 spiro atoms. The normalized spacial score (nSPS) is 16.6. The lowest BCUT2D eigenvalue weighted by Crippen LogP contribution is -2.31. The number of imide groups is 1. The number of aryl methyl sites for hydroxylation is 1. The molecule has 3 amide bonds. The van der Waals surface area contributed by atoms with Crippen LogP contribution in [0.3, 0.4) is 0 Å². The minimum Gasteiger partial charge on any atom is -0.493 e. The maximum absolute atomic E-state index is 12.2. The molecule has 1 fully saturated rings. The predicted molar refractivity (Wildman–Crippen MR) is 96.8 cm³/mol. The first-order chi connectivity index (χ1) is 12.5. The summed E-state index contributed by atoms with van der Waals surface area (Å²) in [4.78, 5) is 29.5. The zero-order chi connectivity index (χ0) is 18.7. The van der Waals surface area contributed by atoms with Crippen molar-refractivity contribution in [1.82, 2.24) is 10.3 Å². The van der Waals surface area contributed by atoms with E-state index in [9.17, 15) is 9.59 Å². The summed E-state index contributed by atoms with van der Waals surface area (Å²) in [5, 5.41) is 2.64. The molecule has 2 aromatic rings. The summed E-state index contributed by atoms with van der Waals surface area (Å²) >= 11 is 0. The number of hydrogen-bond donors (Lipinski definition) is 1. The number of ether oxygens (including phenoxy) is 2. The van der Waals surface area contributed by atoms with E-state index in [1.165, 1.54) is 6.20 Å². The van der Waals surface area contributed by atoms with Gasteiger partial charge in [0.05, 0.1) is 18.5 Å². The van der Waals surface area contributed by atoms with Gasteiger partial charge in [-0.2, -0.15) is 0 Å². The van der Waals surface area contributed by atoms with Crippen LogP contribution in [0.4, 0.5) is 10.5 Å². The lowest BCUT2D eigenvalue weighted by atomic mass is 10.2. The van der Waals surface area contributed by atoms with Crippen LogP contribution in [0.1, 0.15) is 25.8 Å². The molecule has 0 aliphatic carbocycles. The number of nitrogens with zero attached hydrogens (tertiary/aromatic N) is 2. The fourth-order valence-electron chi connectivity index (χ4n) is 2.69. The van der Waals surface area contributed by atoms with Gasteiger partial charge in [-0.1, -0.05) is 13.0 Å². The maximum Gasteiger partial charge on any atom is 0.329 e. The molecule has 2 heterocycles. The van der Waals surface area contributed by atoms with E-state index in [4.69, 9.17) is 9.47 Å². The Morgan fingerprint density at radius 2 is 2.00 bits per heavy atom. The summed E-state index contributed by atoms with van der Waals surface area (Å²) in [7, 11) is 0. The number of benzene rings is 1. The smallest absolute Gasteiger partial charge is 0.329 e. The number of pyridine rings is 1. The first-order valence-corrected chi connectivity index (χ1v) is 8.55. The van der Waals surface area contributed by atoms with E-state index < -0.39 is 12.1 Å². The third kappa shape index (κ3) is 3.46. The van der Waals surface area contributed by atoms with Gasteiger partial charge < -0.3 is 14.8 Å². The van der Waals surface area contributed by atoms with Gasteiger partial charge >= 0.3 is 6.03 Å². The summed E-state index contributed by atoms with van der Waals surface area (Å²) in [5.74, 6) is 1.44. The Kier molecular flexibility index (Phi) is 5.06. The monoisotopic (exact) mass is 355 g/mol. The Morgan fingerprint density at radius 1 is 1.19 bits per heavy atom. The standard InChI is InChI=1S/C19H21N3O4/c1-4-15-18(23)22(19(24)21-15)13-7-9-17(20-11-13)26-14-8-6-12(3)16(10-14)25-5-2/h6-11,15H,4-5H2,1-3H3,(H,21,24)/t15-/m1/s1. The lowest BCUT2D eigenvalue weighted by Gasteiger charge is -2.13. The van der Waals surface area contributed by atoms with Crippen LogP contribution in [-0.2, 0) is 4.79 Å². The summed E-state index contributed by atoms with van der Waals surface area (Å²) in [6.07, 6.45) is 1.99. The van der Waals surface area contributed by atoms with E-state index in [2.05, 4.69) is 10.3 Å². The Labute approximate surface area is 151 Å². The first kappa shape index (κ1) is 17.7. The second-order valence-electron chi connectivity index (χ2n) is 5.90. The molecule has 0 bridgehead atoms. The average Bonchev–Trinajstić information content (AvgIpc) is 2.92.